The summed E-state index contributed by atoms with van der Waals surface area (Å²) in [5.74, 6) is 1.03. The summed E-state index contributed by atoms with van der Waals surface area (Å²) in [5, 5.41) is 0. The first-order valence-corrected chi connectivity index (χ1v) is 8.44. The SMILES string of the molecule is COc1ccccc1C1=C2N=C(N(C)C)N=C2C2C=CC=CC=C2C1=O. The van der Waals surface area contributed by atoms with Gasteiger partial charge in [-0.15, -0.1) is 0 Å². The molecule has 0 saturated heterocycles. The van der Waals surface area contributed by atoms with Crippen molar-refractivity contribution in [1.29, 1.82) is 0 Å². The Hall–Kier alpha value is -3.21. The van der Waals surface area contributed by atoms with Gasteiger partial charge in [0.1, 0.15) is 11.4 Å². The fraction of sp³-hybridized carbons (Fsp3) is 0.190. The van der Waals surface area contributed by atoms with Gasteiger partial charge in [0.25, 0.3) is 0 Å². The van der Waals surface area contributed by atoms with Crippen LogP contribution in [0.25, 0.3) is 5.57 Å². The van der Waals surface area contributed by atoms with Crippen molar-refractivity contribution in [2.75, 3.05) is 21.2 Å². The number of rotatable bonds is 2. The zero-order chi connectivity index (χ0) is 18.3. The van der Waals surface area contributed by atoms with Crippen molar-refractivity contribution in [3.8, 4) is 5.75 Å². The van der Waals surface area contributed by atoms with Crippen molar-refractivity contribution < 1.29 is 9.53 Å². The van der Waals surface area contributed by atoms with Gasteiger partial charge >= 0.3 is 0 Å². The van der Waals surface area contributed by atoms with Gasteiger partial charge in [-0.2, -0.15) is 0 Å². The van der Waals surface area contributed by atoms with Crippen molar-refractivity contribution in [1.82, 2.24) is 4.90 Å². The Morgan fingerprint density at radius 1 is 1.08 bits per heavy atom. The topological polar surface area (TPSA) is 54.3 Å². The second-order valence-corrected chi connectivity index (χ2v) is 6.43. The lowest BCUT2D eigenvalue weighted by atomic mass is 9.78. The average Bonchev–Trinajstić information content (AvgIpc) is 2.93. The monoisotopic (exact) mass is 345 g/mol. The molecule has 1 heterocycles. The number of ether oxygens (including phenoxy) is 1. The summed E-state index contributed by atoms with van der Waals surface area (Å²) in [6.07, 6.45) is 9.62. The van der Waals surface area contributed by atoms with E-state index in [1.165, 1.54) is 0 Å². The zero-order valence-corrected chi connectivity index (χ0v) is 14.9. The van der Waals surface area contributed by atoms with Crippen LogP contribution in [0.1, 0.15) is 5.56 Å². The highest BCUT2D eigenvalue weighted by molar-refractivity contribution is 6.41. The Kier molecular flexibility index (Phi) is 3.92. The van der Waals surface area contributed by atoms with Crippen LogP contribution in [0, 0.1) is 5.92 Å². The molecule has 1 aromatic rings. The van der Waals surface area contributed by atoms with E-state index in [2.05, 4.69) is 4.99 Å². The van der Waals surface area contributed by atoms with Gasteiger partial charge in [-0.25, -0.2) is 9.98 Å². The Labute approximate surface area is 152 Å². The van der Waals surface area contributed by atoms with Crippen molar-refractivity contribution in [2.24, 2.45) is 15.9 Å². The molecule has 0 bridgehead atoms. The third kappa shape index (κ3) is 2.44. The summed E-state index contributed by atoms with van der Waals surface area (Å²) in [6, 6.07) is 7.53. The zero-order valence-electron chi connectivity index (χ0n) is 14.9. The lowest BCUT2D eigenvalue weighted by molar-refractivity contribution is -0.110. The quantitative estimate of drug-likeness (QED) is 0.828. The van der Waals surface area contributed by atoms with Gasteiger partial charge in [0.05, 0.1) is 24.3 Å². The van der Waals surface area contributed by atoms with Crippen molar-refractivity contribution >= 4 is 23.0 Å². The Bertz CT molecular complexity index is 975. The van der Waals surface area contributed by atoms with Crippen molar-refractivity contribution in [2.45, 2.75) is 0 Å². The number of guanidine groups is 1. The molecule has 0 spiro atoms. The third-order valence-electron chi connectivity index (χ3n) is 4.61. The molecule has 0 aromatic heterocycles. The molecule has 5 heteroatoms. The van der Waals surface area contributed by atoms with E-state index in [1.54, 1.807) is 7.11 Å². The number of Topliss-reactive ketones (excluding diaryl/α,β-unsaturated/α-hetero) is 1. The number of hydrogen-bond donors (Lipinski definition) is 0. The lowest BCUT2D eigenvalue weighted by Crippen LogP contribution is -2.28. The minimum absolute atomic E-state index is 0.0339. The molecule has 3 aliphatic rings. The Balaban J connectivity index is 2.01. The normalized spacial score (nSPS) is 20.8. The molecule has 0 radical (unpaired) electrons. The molecule has 1 aromatic carbocycles. The fourth-order valence-electron chi connectivity index (χ4n) is 3.36. The van der Waals surface area contributed by atoms with Gasteiger partial charge in [-0.1, -0.05) is 48.6 Å². The van der Waals surface area contributed by atoms with Crippen LogP contribution in [0.5, 0.6) is 5.75 Å². The number of hydrogen-bond acceptors (Lipinski definition) is 5. The largest absolute Gasteiger partial charge is 0.496 e. The Morgan fingerprint density at radius 3 is 2.65 bits per heavy atom. The van der Waals surface area contributed by atoms with E-state index in [0.717, 1.165) is 11.3 Å². The molecular formula is C21H19N3O2. The van der Waals surface area contributed by atoms with Crippen molar-refractivity contribution in [3.63, 3.8) is 0 Å². The number of aliphatic imine (C=N–C) groups is 2. The van der Waals surface area contributed by atoms with Crippen LogP contribution in [-0.4, -0.2) is 43.6 Å². The maximum Gasteiger partial charge on any atom is 0.225 e. The maximum atomic E-state index is 13.4. The molecule has 0 fully saturated rings. The molecule has 130 valence electrons. The molecule has 1 atom stereocenters. The summed E-state index contributed by atoms with van der Waals surface area (Å²) in [5.41, 5.74) is 3.43. The predicted octanol–water partition coefficient (Wildman–Crippen LogP) is 3.03. The molecule has 1 unspecified atom stereocenters. The highest BCUT2D eigenvalue weighted by Gasteiger charge is 2.40. The van der Waals surface area contributed by atoms with Gasteiger partial charge in [0.15, 0.2) is 5.78 Å². The molecule has 26 heavy (non-hydrogen) atoms. The van der Waals surface area contributed by atoms with Crippen LogP contribution in [-0.2, 0) is 4.79 Å². The maximum absolute atomic E-state index is 13.4. The molecule has 0 N–H and O–H groups in total. The highest BCUT2D eigenvalue weighted by atomic mass is 16.5. The van der Waals surface area contributed by atoms with Crippen LogP contribution in [0.2, 0.25) is 0 Å². The van der Waals surface area contributed by atoms with Crippen LogP contribution in [0.3, 0.4) is 0 Å². The first-order valence-electron chi connectivity index (χ1n) is 8.44. The number of para-hydroxylation sites is 1. The Morgan fingerprint density at radius 2 is 1.88 bits per heavy atom. The molecule has 4 rings (SSSR count). The van der Waals surface area contributed by atoms with Crippen molar-refractivity contribution in [3.05, 3.63) is 71.5 Å². The average molecular weight is 345 g/mol. The third-order valence-corrected chi connectivity index (χ3v) is 4.61. The second kappa shape index (κ2) is 6.26. The summed E-state index contributed by atoms with van der Waals surface area (Å²) in [4.78, 5) is 24.7. The molecular weight excluding hydrogens is 326 g/mol. The highest BCUT2D eigenvalue weighted by Crippen LogP contribution is 2.41. The van der Waals surface area contributed by atoms with Crippen LogP contribution in [0.15, 0.2) is 75.9 Å². The smallest absolute Gasteiger partial charge is 0.225 e. The minimum Gasteiger partial charge on any atom is -0.496 e. The number of nitrogens with zero attached hydrogens (tertiary/aromatic N) is 3. The standard InChI is InChI=1S/C21H19N3O2/c1-24(2)21-22-18-13-9-5-4-6-10-14(13)20(25)17(19(18)23-21)15-11-7-8-12-16(15)26-3/h4-13H,1-3H3. The van der Waals surface area contributed by atoms with Gasteiger partial charge in [-0.05, 0) is 6.07 Å². The van der Waals surface area contributed by atoms with E-state index in [0.29, 0.717) is 28.6 Å². The van der Waals surface area contributed by atoms with Gasteiger partial charge < -0.3 is 9.64 Å². The van der Waals surface area contributed by atoms with Crippen LogP contribution in [0.4, 0.5) is 0 Å². The number of allylic oxidation sites excluding steroid dienone is 8. The summed E-state index contributed by atoms with van der Waals surface area (Å²) in [7, 11) is 5.40. The van der Waals surface area contributed by atoms with Crippen LogP contribution >= 0.6 is 0 Å². The van der Waals surface area contributed by atoms with Gasteiger partial charge in [0, 0.05) is 25.2 Å². The van der Waals surface area contributed by atoms with Gasteiger partial charge in [-0.3, -0.25) is 4.79 Å². The summed E-state index contributed by atoms with van der Waals surface area (Å²) in [6.45, 7) is 0. The molecule has 5 nitrogen and oxygen atoms in total. The summed E-state index contributed by atoms with van der Waals surface area (Å²) >= 11 is 0. The van der Waals surface area contributed by atoms with E-state index in [4.69, 9.17) is 9.73 Å². The van der Waals surface area contributed by atoms with Gasteiger partial charge in [0.2, 0.25) is 5.96 Å². The van der Waals surface area contributed by atoms with E-state index < -0.39 is 0 Å². The number of carbonyl (C=O) groups excluding carboxylic acids is 1. The minimum atomic E-state index is -0.188. The number of benzene rings is 1. The number of methoxy groups -OCH3 is 1. The summed E-state index contributed by atoms with van der Waals surface area (Å²) < 4.78 is 5.50. The molecule has 0 amide bonds. The van der Waals surface area contributed by atoms with E-state index in [1.807, 2.05) is 73.6 Å². The van der Waals surface area contributed by atoms with E-state index in [9.17, 15) is 4.79 Å². The first kappa shape index (κ1) is 16.3. The fourth-order valence-corrected chi connectivity index (χ4v) is 3.36. The first-order chi connectivity index (χ1) is 12.6. The van der Waals surface area contributed by atoms with Crippen LogP contribution < -0.4 is 4.74 Å². The number of fused-ring (bicyclic) bond motifs is 3. The second-order valence-electron chi connectivity index (χ2n) is 6.43. The number of ketones is 1. The number of carbonyl (C=O) groups is 1. The molecule has 1 aliphatic heterocycles. The molecule has 2 aliphatic carbocycles. The van der Waals surface area contributed by atoms with E-state index in [-0.39, 0.29) is 11.7 Å². The molecule has 0 saturated carbocycles. The predicted molar refractivity (Wildman–Crippen MR) is 103 cm³/mol. The lowest BCUT2D eigenvalue weighted by Gasteiger charge is -2.25. The van der Waals surface area contributed by atoms with E-state index >= 15 is 0 Å².